The van der Waals surface area contributed by atoms with Gasteiger partial charge in [0.25, 0.3) is 0 Å². The van der Waals surface area contributed by atoms with Crippen LogP contribution in [0.4, 0.5) is 10.1 Å². The zero-order valence-corrected chi connectivity index (χ0v) is 9.65. The van der Waals surface area contributed by atoms with Gasteiger partial charge in [-0.1, -0.05) is 19.8 Å². The lowest BCUT2D eigenvalue weighted by Gasteiger charge is -2.05. The number of unbranched alkanes of at least 4 members (excludes halogenated alkanes) is 2. The summed E-state index contributed by atoms with van der Waals surface area (Å²) in [5.41, 5.74) is 6.04. The molecule has 4 heteroatoms. The number of anilines is 1. The van der Waals surface area contributed by atoms with Crippen LogP contribution in [0.2, 0.25) is 0 Å². The third-order valence-electron chi connectivity index (χ3n) is 2.15. The van der Waals surface area contributed by atoms with Crippen molar-refractivity contribution in [2.75, 3.05) is 11.5 Å². The fourth-order valence-electron chi connectivity index (χ4n) is 1.30. The predicted molar refractivity (Wildman–Crippen MR) is 61.6 cm³/mol. The molecule has 2 N–H and O–H groups in total. The Morgan fingerprint density at radius 2 is 2.13 bits per heavy atom. The first-order chi connectivity index (χ1) is 7.15. The summed E-state index contributed by atoms with van der Waals surface area (Å²) in [6, 6.07) is 4.00. The minimum atomic E-state index is -1.17. The molecule has 0 spiro atoms. The molecule has 0 radical (unpaired) electrons. The van der Waals surface area contributed by atoms with E-state index in [1.165, 1.54) is 18.2 Å². The van der Waals surface area contributed by atoms with Crippen molar-refractivity contribution in [2.45, 2.75) is 31.1 Å². The van der Waals surface area contributed by atoms with Gasteiger partial charge >= 0.3 is 0 Å². The molecular formula is C11H16FNOS. The van der Waals surface area contributed by atoms with Gasteiger partial charge in [-0.25, -0.2) is 4.39 Å². The van der Waals surface area contributed by atoms with E-state index >= 15 is 0 Å². The van der Waals surface area contributed by atoms with Crippen LogP contribution in [-0.2, 0) is 10.8 Å². The molecule has 0 aliphatic carbocycles. The molecule has 84 valence electrons. The summed E-state index contributed by atoms with van der Waals surface area (Å²) in [6.45, 7) is 2.08. The van der Waals surface area contributed by atoms with Crippen LogP contribution in [-0.4, -0.2) is 9.96 Å². The van der Waals surface area contributed by atoms with Gasteiger partial charge in [0.2, 0.25) is 0 Å². The largest absolute Gasteiger partial charge is 0.398 e. The molecule has 1 aromatic rings. The molecule has 0 saturated carbocycles. The lowest BCUT2D eigenvalue weighted by Crippen LogP contribution is -2.02. The average Bonchev–Trinajstić information content (AvgIpc) is 2.22. The molecule has 1 atom stereocenters. The van der Waals surface area contributed by atoms with E-state index in [1.54, 1.807) is 0 Å². The molecule has 0 aromatic heterocycles. The van der Waals surface area contributed by atoms with Gasteiger partial charge in [-0.15, -0.1) is 0 Å². The zero-order chi connectivity index (χ0) is 11.3. The van der Waals surface area contributed by atoms with E-state index in [-0.39, 0.29) is 5.82 Å². The van der Waals surface area contributed by atoms with Gasteiger partial charge in [-0.2, -0.15) is 0 Å². The maximum Gasteiger partial charge on any atom is 0.124 e. The van der Waals surface area contributed by atoms with Crippen molar-refractivity contribution in [2.24, 2.45) is 0 Å². The Labute approximate surface area is 92.1 Å². The fourth-order valence-corrected chi connectivity index (χ4v) is 2.56. The maximum atomic E-state index is 12.9. The van der Waals surface area contributed by atoms with Crippen LogP contribution >= 0.6 is 0 Å². The number of hydrogen-bond acceptors (Lipinski definition) is 2. The highest BCUT2D eigenvalue weighted by Gasteiger charge is 2.08. The summed E-state index contributed by atoms with van der Waals surface area (Å²) >= 11 is 0. The Morgan fingerprint density at radius 3 is 2.80 bits per heavy atom. The average molecular weight is 229 g/mol. The molecular weight excluding hydrogens is 213 g/mol. The van der Waals surface area contributed by atoms with Gasteiger partial charge in [-0.05, 0) is 24.6 Å². The number of nitrogens with two attached hydrogens (primary N) is 1. The van der Waals surface area contributed by atoms with Crippen LogP contribution in [0.15, 0.2) is 23.1 Å². The van der Waals surface area contributed by atoms with Crippen molar-refractivity contribution < 1.29 is 8.60 Å². The number of rotatable bonds is 5. The summed E-state index contributed by atoms with van der Waals surface area (Å²) in [5, 5.41) is 0. The van der Waals surface area contributed by atoms with Gasteiger partial charge in [0.05, 0.1) is 15.7 Å². The Hall–Kier alpha value is -0.900. The predicted octanol–water partition coefficient (Wildman–Crippen LogP) is 2.71. The molecule has 0 amide bonds. The van der Waals surface area contributed by atoms with E-state index in [0.29, 0.717) is 16.3 Å². The molecule has 0 aliphatic heterocycles. The highest BCUT2D eigenvalue weighted by Crippen LogP contribution is 2.18. The van der Waals surface area contributed by atoms with Gasteiger partial charge in [-0.3, -0.25) is 4.21 Å². The number of benzene rings is 1. The summed E-state index contributed by atoms with van der Waals surface area (Å²) in [5.74, 6) is 0.171. The molecule has 0 fully saturated rings. The van der Waals surface area contributed by atoms with E-state index in [2.05, 4.69) is 6.92 Å². The standard InChI is InChI=1S/C11H16FNOS/c1-2-3-4-7-15(14)11-8-9(12)5-6-10(11)13/h5-6,8H,2-4,7,13H2,1H3. The van der Waals surface area contributed by atoms with E-state index in [4.69, 9.17) is 5.73 Å². The third-order valence-corrected chi connectivity index (χ3v) is 3.66. The van der Waals surface area contributed by atoms with E-state index in [9.17, 15) is 8.60 Å². The Balaban J connectivity index is 2.68. The highest BCUT2D eigenvalue weighted by molar-refractivity contribution is 7.85. The van der Waals surface area contributed by atoms with Crippen molar-refractivity contribution in [1.29, 1.82) is 0 Å². The number of nitrogen functional groups attached to an aromatic ring is 1. The molecule has 0 saturated heterocycles. The Morgan fingerprint density at radius 1 is 1.40 bits per heavy atom. The SMILES string of the molecule is CCCCCS(=O)c1cc(F)ccc1N. The van der Waals surface area contributed by atoms with Crippen molar-refractivity contribution in [3.8, 4) is 0 Å². The summed E-state index contributed by atoms with van der Waals surface area (Å²) in [4.78, 5) is 0.422. The molecule has 1 unspecified atom stereocenters. The molecule has 0 aliphatic rings. The summed E-state index contributed by atoms with van der Waals surface area (Å²) < 4.78 is 24.7. The normalized spacial score (nSPS) is 12.7. The van der Waals surface area contributed by atoms with Gasteiger partial charge in [0, 0.05) is 11.4 Å². The second kappa shape index (κ2) is 5.85. The zero-order valence-electron chi connectivity index (χ0n) is 8.83. The first-order valence-corrected chi connectivity index (χ1v) is 6.40. The quantitative estimate of drug-likeness (QED) is 0.623. The minimum absolute atomic E-state index is 0.386. The van der Waals surface area contributed by atoms with Crippen molar-refractivity contribution in [1.82, 2.24) is 0 Å². The second-order valence-electron chi connectivity index (χ2n) is 3.44. The molecule has 15 heavy (non-hydrogen) atoms. The van der Waals surface area contributed by atoms with Crippen LogP contribution in [0.1, 0.15) is 26.2 Å². The topological polar surface area (TPSA) is 43.1 Å². The highest BCUT2D eigenvalue weighted by atomic mass is 32.2. The third kappa shape index (κ3) is 3.63. The maximum absolute atomic E-state index is 12.9. The van der Waals surface area contributed by atoms with Crippen molar-refractivity contribution >= 4 is 16.5 Å². The Kier molecular flexibility index (Phi) is 4.75. The lowest BCUT2D eigenvalue weighted by atomic mass is 10.3. The molecule has 0 heterocycles. The molecule has 2 nitrogen and oxygen atoms in total. The fraction of sp³-hybridized carbons (Fsp3) is 0.455. The monoisotopic (exact) mass is 229 g/mol. The first kappa shape index (κ1) is 12.2. The van der Waals surface area contributed by atoms with Crippen LogP contribution in [0.5, 0.6) is 0 Å². The van der Waals surface area contributed by atoms with E-state index < -0.39 is 10.8 Å². The first-order valence-electron chi connectivity index (χ1n) is 5.08. The molecule has 0 bridgehead atoms. The van der Waals surface area contributed by atoms with Crippen molar-refractivity contribution in [3.63, 3.8) is 0 Å². The summed E-state index contributed by atoms with van der Waals surface area (Å²) in [6.07, 6.45) is 3.01. The van der Waals surface area contributed by atoms with E-state index in [0.717, 1.165) is 19.3 Å². The van der Waals surface area contributed by atoms with Crippen LogP contribution in [0.3, 0.4) is 0 Å². The number of hydrogen-bond donors (Lipinski definition) is 1. The smallest absolute Gasteiger partial charge is 0.124 e. The lowest BCUT2D eigenvalue weighted by molar-refractivity contribution is 0.622. The Bertz CT molecular complexity index is 354. The summed E-state index contributed by atoms with van der Waals surface area (Å²) in [7, 11) is -1.17. The van der Waals surface area contributed by atoms with Crippen LogP contribution < -0.4 is 5.73 Å². The number of halogens is 1. The van der Waals surface area contributed by atoms with Crippen LogP contribution in [0, 0.1) is 5.82 Å². The molecule has 1 aromatic carbocycles. The van der Waals surface area contributed by atoms with Gasteiger partial charge in [0.15, 0.2) is 0 Å². The van der Waals surface area contributed by atoms with Crippen LogP contribution in [0.25, 0.3) is 0 Å². The minimum Gasteiger partial charge on any atom is -0.398 e. The van der Waals surface area contributed by atoms with Gasteiger partial charge < -0.3 is 5.73 Å². The van der Waals surface area contributed by atoms with E-state index in [1.807, 2.05) is 0 Å². The van der Waals surface area contributed by atoms with Gasteiger partial charge in [0.1, 0.15) is 5.82 Å². The van der Waals surface area contributed by atoms with Crippen molar-refractivity contribution in [3.05, 3.63) is 24.0 Å². The molecule has 1 rings (SSSR count). The second-order valence-corrected chi connectivity index (χ2v) is 4.98.